The van der Waals surface area contributed by atoms with Crippen molar-refractivity contribution in [2.24, 2.45) is 17.4 Å². The van der Waals surface area contributed by atoms with Crippen LogP contribution in [-0.4, -0.2) is 83.4 Å². The van der Waals surface area contributed by atoms with Crippen LogP contribution in [0.3, 0.4) is 0 Å². The summed E-state index contributed by atoms with van der Waals surface area (Å²) in [5, 5.41) is 16.8. The summed E-state index contributed by atoms with van der Waals surface area (Å²) in [5.74, 6) is -2.98. The van der Waals surface area contributed by atoms with E-state index in [1.165, 1.54) is 4.90 Å². The molecule has 0 saturated carbocycles. The topological polar surface area (TPSA) is 197 Å². The second-order valence-corrected chi connectivity index (χ2v) is 9.82. The van der Waals surface area contributed by atoms with E-state index >= 15 is 0 Å². The fourth-order valence-corrected chi connectivity index (χ4v) is 3.97. The van der Waals surface area contributed by atoms with Crippen LogP contribution in [0.5, 0.6) is 0 Å². The minimum absolute atomic E-state index is 0.0661. The van der Waals surface area contributed by atoms with Crippen LogP contribution in [0.4, 0.5) is 0 Å². The van der Waals surface area contributed by atoms with Crippen molar-refractivity contribution < 1.29 is 29.1 Å². The minimum Gasteiger partial charge on any atom is -0.480 e. The molecule has 4 amide bonds. The number of carboxylic acids is 1. The molecule has 1 heterocycles. The molecule has 0 aliphatic carbocycles. The molecule has 1 saturated heterocycles. The molecule has 37 heavy (non-hydrogen) atoms. The van der Waals surface area contributed by atoms with Crippen LogP contribution in [0, 0.1) is 5.92 Å². The number of nitrogens with zero attached hydrogens (tertiary/aromatic N) is 1. The monoisotopic (exact) mass is 518 g/mol. The van der Waals surface area contributed by atoms with Gasteiger partial charge in [-0.15, -0.1) is 0 Å². The highest BCUT2D eigenvalue weighted by atomic mass is 16.4. The summed E-state index contributed by atoms with van der Waals surface area (Å²) >= 11 is 0. The van der Waals surface area contributed by atoms with E-state index in [9.17, 15) is 29.1 Å². The Morgan fingerprint density at radius 2 is 1.59 bits per heavy atom. The standard InChI is InChI=1S/C25H38N6O6/c1-16(2)12-19(23(35)29-15-21(33)31-10-8-25(27,9-11-31)24(36)37)30-20(32)14-28-22(34)18(26)13-17-6-4-3-5-7-17/h3-7,16,18-19H,8-15,26-27H2,1-2H3,(H,28,34)(H,29,35)(H,30,32)(H,36,37). The average Bonchev–Trinajstić information content (AvgIpc) is 2.85. The molecule has 2 atom stereocenters. The van der Waals surface area contributed by atoms with Gasteiger partial charge >= 0.3 is 5.97 Å². The van der Waals surface area contributed by atoms with Gasteiger partial charge in [-0.3, -0.25) is 24.0 Å². The quantitative estimate of drug-likeness (QED) is 0.197. The number of hydrogen-bond acceptors (Lipinski definition) is 7. The van der Waals surface area contributed by atoms with Gasteiger partial charge < -0.3 is 37.4 Å². The third-order valence-corrected chi connectivity index (χ3v) is 6.27. The van der Waals surface area contributed by atoms with Gasteiger partial charge in [0, 0.05) is 13.1 Å². The normalized spacial score (nSPS) is 16.4. The van der Waals surface area contributed by atoms with E-state index < -0.39 is 41.3 Å². The number of amides is 4. The zero-order valence-electron chi connectivity index (χ0n) is 21.4. The largest absolute Gasteiger partial charge is 0.480 e. The highest BCUT2D eigenvalue weighted by Gasteiger charge is 2.38. The summed E-state index contributed by atoms with van der Waals surface area (Å²) < 4.78 is 0. The number of rotatable bonds is 12. The van der Waals surface area contributed by atoms with Gasteiger partial charge in [-0.25, -0.2) is 0 Å². The Balaban J connectivity index is 1.81. The second kappa shape index (κ2) is 13.7. The van der Waals surface area contributed by atoms with Crippen molar-refractivity contribution in [2.75, 3.05) is 26.2 Å². The van der Waals surface area contributed by atoms with E-state index in [0.717, 1.165) is 5.56 Å². The highest BCUT2D eigenvalue weighted by Crippen LogP contribution is 2.19. The molecule has 1 aromatic carbocycles. The Hall–Kier alpha value is -3.51. The first-order chi connectivity index (χ1) is 17.4. The molecule has 2 rings (SSSR count). The molecule has 1 aromatic rings. The van der Waals surface area contributed by atoms with Gasteiger partial charge in [0.25, 0.3) is 0 Å². The first-order valence-corrected chi connectivity index (χ1v) is 12.4. The number of benzene rings is 1. The molecule has 0 radical (unpaired) electrons. The molecule has 1 aliphatic heterocycles. The molecule has 12 heteroatoms. The number of hydrogen-bond donors (Lipinski definition) is 6. The summed E-state index contributed by atoms with van der Waals surface area (Å²) in [6.45, 7) is 3.49. The summed E-state index contributed by atoms with van der Waals surface area (Å²) in [6, 6.07) is 7.53. The Bertz CT molecular complexity index is 962. The first kappa shape index (κ1) is 29.7. The molecule has 1 fully saturated rings. The van der Waals surface area contributed by atoms with E-state index in [2.05, 4.69) is 16.0 Å². The van der Waals surface area contributed by atoms with E-state index in [4.69, 9.17) is 11.5 Å². The summed E-state index contributed by atoms with van der Waals surface area (Å²) in [7, 11) is 0. The predicted molar refractivity (Wildman–Crippen MR) is 136 cm³/mol. The number of nitrogens with two attached hydrogens (primary N) is 2. The third kappa shape index (κ3) is 9.47. The highest BCUT2D eigenvalue weighted by molar-refractivity contribution is 5.92. The van der Waals surface area contributed by atoms with Gasteiger partial charge in [0.2, 0.25) is 23.6 Å². The van der Waals surface area contributed by atoms with Crippen molar-refractivity contribution in [3.63, 3.8) is 0 Å². The third-order valence-electron chi connectivity index (χ3n) is 6.27. The van der Waals surface area contributed by atoms with Gasteiger partial charge in [-0.2, -0.15) is 0 Å². The lowest BCUT2D eigenvalue weighted by molar-refractivity contribution is -0.147. The number of nitrogens with one attached hydrogen (secondary N) is 3. The Labute approximate surface area is 216 Å². The van der Waals surface area contributed by atoms with E-state index in [1.54, 1.807) is 0 Å². The molecule has 0 spiro atoms. The molecule has 1 aliphatic rings. The number of carbonyl (C=O) groups excluding carboxylic acids is 4. The van der Waals surface area contributed by atoms with Gasteiger partial charge in [0.1, 0.15) is 11.6 Å². The zero-order chi connectivity index (χ0) is 27.6. The van der Waals surface area contributed by atoms with Crippen LogP contribution in [-0.2, 0) is 30.4 Å². The minimum atomic E-state index is -1.35. The van der Waals surface area contributed by atoms with Crippen molar-refractivity contribution in [1.29, 1.82) is 0 Å². The van der Waals surface area contributed by atoms with Crippen LogP contribution in [0.2, 0.25) is 0 Å². The number of likely N-dealkylation sites (tertiary alicyclic amines) is 1. The molecule has 0 aromatic heterocycles. The SMILES string of the molecule is CC(C)CC(NC(=O)CNC(=O)C(N)Cc1ccccc1)C(=O)NCC(=O)N1CCC(N)(C(=O)O)CC1. The fraction of sp³-hybridized carbons (Fsp3) is 0.560. The van der Waals surface area contributed by atoms with Crippen LogP contribution >= 0.6 is 0 Å². The van der Waals surface area contributed by atoms with Gasteiger partial charge in [0.15, 0.2) is 0 Å². The molecule has 2 unspecified atom stereocenters. The second-order valence-electron chi connectivity index (χ2n) is 9.82. The lowest BCUT2D eigenvalue weighted by atomic mass is 9.89. The Kier molecular flexibility index (Phi) is 11.0. The van der Waals surface area contributed by atoms with E-state index in [0.29, 0.717) is 12.8 Å². The van der Waals surface area contributed by atoms with Gasteiger partial charge in [0.05, 0.1) is 19.1 Å². The number of carboxylic acid groups (broad SMARTS) is 1. The zero-order valence-corrected chi connectivity index (χ0v) is 21.4. The number of piperidine rings is 1. The van der Waals surface area contributed by atoms with Gasteiger partial charge in [-0.05, 0) is 37.2 Å². The Morgan fingerprint density at radius 1 is 1.00 bits per heavy atom. The molecule has 204 valence electrons. The number of carbonyl (C=O) groups is 5. The van der Waals surface area contributed by atoms with Crippen LogP contribution in [0.25, 0.3) is 0 Å². The molecule has 12 nitrogen and oxygen atoms in total. The summed E-state index contributed by atoms with van der Waals surface area (Å²) in [6.07, 6.45) is 0.884. The lowest BCUT2D eigenvalue weighted by Gasteiger charge is -2.36. The van der Waals surface area contributed by atoms with Crippen LogP contribution in [0.15, 0.2) is 30.3 Å². The molecule has 8 N–H and O–H groups in total. The average molecular weight is 519 g/mol. The van der Waals surface area contributed by atoms with Crippen LogP contribution in [0.1, 0.15) is 38.7 Å². The molecule has 0 bridgehead atoms. The maximum Gasteiger partial charge on any atom is 0.323 e. The van der Waals surface area contributed by atoms with Crippen molar-refractivity contribution >= 4 is 29.6 Å². The van der Waals surface area contributed by atoms with Crippen molar-refractivity contribution in [2.45, 2.75) is 57.2 Å². The molecular formula is C25H38N6O6. The summed E-state index contributed by atoms with van der Waals surface area (Å²) in [4.78, 5) is 62.7. The summed E-state index contributed by atoms with van der Waals surface area (Å²) in [5.41, 5.74) is 11.3. The van der Waals surface area contributed by atoms with Crippen molar-refractivity contribution in [3.05, 3.63) is 35.9 Å². The van der Waals surface area contributed by atoms with E-state index in [1.807, 2.05) is 44.2 Å². The number of aliphatic carboxylic acids is 1. The van der Waals surface area contributed by atoms with Crippen molar-refractivity contribution in [3.8, 4) is 0 Å². The lowest BCUT2D eigenvalue weighted by Crippen LogP contribution is -2.58. The maximum absolute atomic E-state index is 12.7. The smallest absolute Gasteiger partial charge is 0.323 e. The van der Waals surface area contributed by atoms with Crippen molar-refractivity contribution in [1.82, 2.24) is 20.9 Å². The van der Waals surface area contributed by atoms with Crippen LogP contribution < -0.4 is 27.4 Å². The first-order valence-electron chi connectivity index (χ1n) is 12.4. The fourth-order valence-electron chi connectivity index (χ4n) is 3.97. The molecular weight excluding hydrogens is 480 g/mol. The maximum atomic E-state index is 12.7. The predicted octanol–water partition coefficient (Wildman–Crippen LogP) is -1.28. The van der Waals surface area contributed by atoms with Gasteiger partial charge in [-0.1, -0.05) is 44.2 Å². The Morgan fingerprint density at radius 3 is 2.16 bits per heavy atom. The van der Waals surface area contributed by atoms with E-state index in [-0.39, 0.29) is 50.8 Å².